The van der Waals surface area contributed by atoms with E-state index in [4.69, 9.17) is 4.98 Å². The lowest BCUT2D eigenvalue weighted by Crippen LogP contribution is -2.09. The Morgan fingerprint density at radius 1 is 0.775 bits per heavy atom. The SMILES string of the molecule is Cc1ccc(-c2ccc3ccc(-c4ccccc4-c4ccccc4)c(NS(=O)[O-])c3n2)cc1C1C=CC=CC1C. The van der Waals surface area contributed by atoms with Crippen molar-refractivity contribution in [3.8, 4) is 33.5 Å². The molecule has 6 rings (SSSR count). The highest BCUT2D eigenvalue weighted by molar-refractivity contribution is 7.80. The van der Waals surface area contributed by atoms with E-state index in [2.05, 4.69) is 79.3 Å². The number of anilines is 1. The number of nitrogens with zero attached hydrogens (tertiary/aromatic N) is 1. The summed E-state index contributed by atoms with van der Waals surface area (Å²) in [5.41, 5.74) is 9.18. The molecular formula is C35H29N2O2S-. The summed E-state index contributed by atoms with van der Waals surface area (Å²) in [7, 11) is 0. The summed E-state index contributed by atoms with van der Waals surface area (Å²) < 4.78 is 26.8. The molecule has 40 heavy (non-hydrogen) atoms. The lowest BCUT2D eigenvalue weighted by Gasteiger charge is -2.23. The summed E-state index contributed by atoms with van der Waals surface area (Å²) in [5, 5.41) is 0.860. The molecule has 0 radical (unpaired) electrons. The standard InChI is InChI=1S/C35H30N2O2S/c1-23-10-6-7-13-28(23)32-22-27(17-16-24(32)2)33-21-19-26-18-20-31(35(34(26)36-33)37-40(38)39)30-15-9-8-14-29(30)25-11-4-3-5-12-25/h3-23,28,37H,1-2H3,(H,38,39)/p-1. The van der Waals surface area contributed by atoms with E-state index >= 15 is 0 Å². The Kier molecular flexibility index (Phi) is 7.16. The second-order valence-corrected chi connectivity index (χ2v) is 10.9. The Morgan fingerprint density at radius 3 is 2.27 bits per heavy atom. The maximum Gasteiger partial charge on any atom is 0.0955 e. The van der Waals surface area contributed by atoms with Gasteiger partial charge in [-0.1, -0.05) is 116 Å². The van der Waals surface area contributed by atoms with Crippen LogP contribution in [-0.2, 0) is 11.3 Å². The van der Waals surface area contributed by atoms with Crippen LogP contribution in [0.25, 0.3) is 44.4 Å². The number of hydrogen-bond donors (Lipinski definition) is 1. The fourth-order valence-electron chi connectivity index (χ4n) is 5.61. The lowest BCUT2D eigenvalue weighted by molar-refractivity contribution is 0.542. The van der Waals surface area contributed by atoms with E-state index in [0.717, 1.165) is 38.9 Å². The van der Waals surface area contributed by atoms with E-state index in [1.165, 1.54) is 11.1 Å². The summed E-state index contributed by atoms with van der Waals surface area (Å²) >= 11 is -2.53. The molecule has 1 N–H and O–H groups in total. The molecule has 0 saturated heterocycles. The van der Waals surface area contributed by atoms with Gasteiger partial charge in [0.2, 0.25) is 0 Å². The number of pyridine rings is 1. The number of aryl methyl sites for hydroxylation is 1. The molecule has 3 atom stereocenters. The predicted molar refractivity (Wildman–Crippen MR) is 166 cm³/mol. The third kappa shape index (κ3) is 5.02. The van der Waals surface area contributed by atoms with Gasteiger partial charge < -0.3 is 9.27 Å². The van der Waals surface area contributed by atoms with Crippen molar-refractivity contribution in [2.24, 2.45) is 5.92 Å². The Bertz CT molecular complexity index is 1790. The van der Waals surface area contributed by atoms with Gasteiger partial charge in [-0.05, 0) is 52.8 Å². The van der Waals surface area contributed by atoms with Crippen LogP contribution < -0.4 is 4.72 Å². The minimum absolute atomic E-state index is 0.298. The first-order valence-corrected chi connectivity index (χ1v) is 14.5. The molecule has 4 aromatic carbocycles. The van der Waals surface area contributed by atoms with Crippen molar-refractivity contribution in [1.82, 2.24) is 4.98 Å². The molecule has 5 heteroatoms. The van der Waals surface area contributed by atoms with Crippen LogP contribution in [0.3, 0.4) is 0 Å². The van der Waals surface area contributed by atoms with Crippen molar-refractivity contribution in [1.29, 1.82) is 0 Å². The number of benzene rings is 4. The Hall–Kier alpha value is -4.32. The second kappa shape index (κ2) is 11.0. The van der Waals surface area contributed by atoms with Crippen LogP contribution in [0.1, 0.15) is 24.0 Å². The van der Waals surface area contributed by atoms with Gasteiger partial charge in [-0.2, -0.15) is 0 Å². The highest BCUT2D eigenvalue weighted by Crippen LogP contribution is 2.40. The van der Waals surface area contributed by atoms with E-state index in [-0.39, 0.29) is 0 Å². The normalized spacial score (nSPS) is 17.2. The summed E-state index contributed by atoms with van der Waals surface area (Å²) in [5.74, 6) is 0.699. The van der Waals surface area contributed by atoms with Crippen LogP contribution in [0.4, 0.5) is 5.69 Å². The van der Waals surface area contributed by atoms with Crippen LogP contribution in [0.15, 0.2) is 121 Å². The van der Waals surface area contributed by atoms with Crippen LogP contribution >= 0.6 is 0 Å². The molecule has 0 spiro atoms. The van der Waals surface area contributed by atoms with Crippen molar-refractivity contribution in [2.75, 3.05) is 4.72 Å². The fraction of sp³-hybridized carbons (Fsp3) is 0.114. The summed E-state index contributed by atoms with van der Waals surface area (Å²) in [6.45, 7) is 4.38. The highest BCUT2D eigenvalue weighted by atomic mass is 32.2. The zero-order valence-electron chi connectivity index (χ0n) is 22.4. The van der Waals surface area contributed by atoms with Gasteiger partial charge >= 0.3 is 0 Å². The van der Waals surface area contributed by atoms with Crippen LogP contribution in [-0.4, -0.2) is 13.7 Å². The van der Waals surface area contributed by atoms with Gasteiger partial charge in [-0.25, -0.2) is 4.98 Å². The third-order valence-corrected chi connectivity index (χ3v) is 8.07. The monoisotopic (exact) mass is 541 g/mol. The molecule has 3 unspecified atom stereocenters. The number of hydrogen-bond acceptors (Lipinski definition) is 3. The van der Waals surface area contributed by atoms with Gasteiger partial charge in [-0.15, -0.1) is 0 Å². The summed E-state index contributed by atoms with van der Waals surface area (Å²) in [6, 6.07) is 32.6. The number of fused-ring (bicyclic) bond motifs is 1. The third-order valence-electron chi connectivity index (χ3n) is 7.69. The average molecular weight is 542 g/mol. The fourth-order valence-corrected chi connectivity index (χ4v) is 5.99. The van der Waals surface area contributed by atoms with Crippen molar-refractivity contribution in [3.05, 3.63) is 132 Å². The number of aromatic nitrogens is 1. The number of allylic oxidation sites excluding steroid dienone is 4. The molecule has 198 valence electrons. The van der Waals surface area contributed by atoms with E-state index in [1.807, 2.05) is 60.7 Å². The topological polar surface area (TPSA) is 65.0 Å². The van der Waals surface area contributed by atoms with Crippen molar-refractivity contribution < 1.29 is 8.76 Å². The maximum absolute atomic E-state index is 12.0. The molecule has 1 heterocycles. The Balaban J connectivity index is 1.52. The minimum atomic E-state index is -2.53. The molecule has 1 aliphatic rings. The highest BCUT2D eigenvalue weighted by Gasteiger charge is 2.20. The molecule has 1 aromatic heterocycles. The van der Waals surface area contributed by atoms with Gasteiger partial charge in [-0.3, -0.25) is 4.21 Å². The smallest absolute Gasteiger partial charge is 0.0955 e. The van der Waals surface area contributed by atoms with Crippen LogP contribution in [0.2, 0.25) is 0 Å². The lowest BCUT2D eigenvalue weighted by atomic mass is 9.81. The molecule has 4 nitrogen and oxygen atoms in total. The van der Waals surface area contributed by atoms with Crippen molar-refractivity contribution in [2.45, 2.75) is 19.8 Å². The van der Waals surface area contributed by atoms with E-state index in [9.17, 15) is 8.76 Å². The molecule has 5 aromatic rings. The summed E-state index contributed by atoms with van der Waals surface area (Å²) in [6.07, 6.45) is 8.71. The molecule has 0 aliphatic heterocycles. The summed E-state index contributed by atoms with van der Waals surface area (Å²) in [4.78, 5) is 5.05. The molecule has 0 amide bonds. The number of rotatable bonds is 6. The second-order valence-electron chi connectivity index (χ2n) is 10.2. The van der Waals surface area contributed by atoms with E-state index < -0.39 is 11.3 Å². The first kappa shape index (κ1) is 25.9. The van der Waals surface area contributed by atoms with Gasteiger partial charge in [0.1, 0.15) is 0 Å². The van der Waals surface area contributed by atoms with E-state index in [0.29, 0.717) is 23.0 Å². The first-order valence-electron chi connectivity index (χ1n) is 13.4. The number of nitrogens with one attached hydrogen (secondary N) is 1. The minimum Gasteiger partial charge on any atom is -0.755 e. The van der Waals surface area contributed by atoms with Gasteiger partial charge in [0.25, 0.3) is 0 Å². The molecular weight excluding hydrogens is 512 g/mol. The Morgan fingerprint density at radius 2 is 1.50 bits per heavy atom. The van der Waals surface area contributed by atoms with Gasteiger partial charge in [0, 0.05) is 33.7 Å². The first-order chi connectivity index (χ1) is 19.5. The quantitative estimate of drug-likeness (QED) is 0.219. The molecule has 0 bridgehead atoms. The van der Waals surface area contributed by atoms with E-state index in [1.54, 1.807) is 0 Å². The van der Waals surface area contributed by atoms with Gasteiger partial charge in [0.05, 0.1) is 16.9 Å². The average Bonchev–Trinajstić information content (AvgIpc) is 2.98. The molecule has 0 saturated carbocycles. The van der Waals surface area contributed by atoms with Crippen molar-refractivity contribution in [3.63, 3.8) is 0 Å². The van der Waals surface area contributed by atoms with Crippen molar-refractivity contribution >= 4 is 27.9 Å². The molecule has 0 fully saturated rings. The van der Waals surface area contributed by atoms with Crippen LogP contribution in [0, 0.1) is 12.8 Å². The predicted octanol–water partition coefficient (Wildman–Crippen LogP) is 8.60. The largest absolute Gasteiger partial charge is 0.755 e. The van der Waals surface area contributed by atoms with Gasteiger partial charge in [0.15, 0.2) is 0 Å². The Labute approximate surface area is 237 Å². The zero-order valence-corrected chi connectivity index (χ0v) is 23.2. The van der Waals surface area contributed by atoms with Crippen LogP contribution in [0.5, 0.6) is 0 Å². The maximum atomic E-state index is 12.0. The molecule has 1 aliphatic carbocycles. The zero-order chi connectivity index (χ0) is 27.6.